The van der Waals surface area contributed by atoms with Crippen LogP contribution < -0.4 is 5.32 Å². The molecule has 1 aromatic carbocycles. The number of nitrogens with one attached hydrogen (secondary N) is 1. The Morgan fingerprint density at radius 2 is 1.95 bits per heavy atom. The highest BCUT2D eigenvalue weighted by molar-refractivity contribution is 6.30. The highest BCUT2D eigenvalue weighted by Crippen LogP contribution is 2.30. The Bertz CT molecular complexity index is 482. The topological polar surface area (TPSA) is 41.6 Å². The molecule has 0 saturated carbocycles. The molecule has 1 heterocycles. The van der Waals surface area contributed by atoms with Gasteiger partial charge in [-0.2, -0.15) is 0 Å². The van der Waals surface area contributed by atoms with Gasteiger partial charge in [0.05, 0.1) is 13.2 Å². The molecule has 0 aromatic heterocycles. The van der Waals surface area contributed by atoms with E-state index in [2.05, 4.69) is 24.2 Å². The van der Waals surface area contributed by atoms with Crippen LogP contribution in [0.5, 0.6) is 0 Å². The summed E-state index contributed by atoms with van der Waals surface area (Å²) in [5.74, 6) is 0.149. The first-order valence-corrected chi connectivity index (χ1v) is 8.16. The SMILES string of the molecule is CN1CCC(C)(C(=O)NCCOCc2ccc(Cl)cc2)CC1. The van der Waals surface area contributed by atoms with Crippen LogP contribution in [0.15, 0.2) is 24.3 Å². The number of amides is 1. The van der Waals surface area contributed by atoms with Crippen molar-refractivity contribution in [2.45, 2.75) is 26.4 Å². The van der Waals surface area contributed by atoms with Gasteiger partial charge in [0, 0.05) is 17.0 Å². The number of hydrogen-bond acceptors (Lipinski definition) is 3. The summed E-state index contributed by atoms with van der Waals surface area (Å²) in [6.07, 6.45) is 1.84. The van der Waals surface area contributed by atoms with Crippen LogP contribution in [0.4, 0.5) is 0 Å². The van der Waals surface area contributed by atoms with Crippen molar-refractivity contribution in [3.8, 4) is 0 Å². The summed E-state index contributed by atoms with van der Waals surface area (Å²) in [4.78, 5) is 14.6. The van der Waals surface area contributed by atoms with Gasteiger partial charge < -0.3 is 15.0 Å². The second kappa shape index (κ2) is 7.95. The van der Waals surface area contributed by atoms with Gasteiger partial charge in [-0.15, -0.1) is 0 Å². The first-order chi connectivity index (χ1) is 10.5. The molecule has 122 valence electrons. The molecule has 1 amide bonds. The number of carbonyl (C=O) groups excluding carboxylic acids is 1. The van der Waals surface area contributed by atoms with Crippen LogP contribution in [0.3, 0.4) is 0 Å². The highest BCUT2D eigenvalue weighted by atomic mass is 35.5. The Kier molecular flexibility index (Phi) is 6.24. The Labute approximate surface area is 137 Å². The van der Waals surface area contributed by atoms with Crippen molar-refractivity contribution in [3.05, 3.63) is 34.9 Å². The molecule has 0 aliphatic carbocycles. The fourth-order valence-corrected chi connectivity index (χ4v) is 2.69. The summed E-state index contributed by atoms with van der Waals surface area (Å²) in [7, 11) is 2.10. The molecule has 2 rings (SSSR count). The predicted molar refractivity (Wildman–Crippen MR) is 89.0 cm³/mol. The molecule has 5 heteroatoms. The van der Waals surface area contributed by atoms with Crippen LogP contribution in [0.2, 0.25) is 5.02 Å². The number of likely N-dealkylation sites (tertiary alicyclic amines) is 1. The first kappa shape index (κ1) is 17.3. The van der Waals surface area contributed by atoms with E-state index in [1.807, 2.05) is 24.3 Å². The van der Waals surface area contributed by atoms with E-state index < -0.39 is 0 Å². The second-order valence-corrected chi connectivity index (χ2v) is 6.74. The smallest absolute Gasteiger partial charge is 0.226 e. The van der Waals surface area contributed by atoms with Gasteiger partial charge in [-0.1, -0.05) is 30.7 Å². The number of benzene rings is 1. The van der Waals surface area contributed by atoms with E-state index in [0.717, 1.165) is 36.5 Å². The lowest BCUT2D eigenvalue weighted by molar-refractivity contribution is -0.132. The molecule has 1 aliphatic rings. The summed E-state index contributed by atoms with van der Waals surface area (Å²) < 4.78 is 5.58. The van der Waals surface area contributed by atoms with Gasteiger partial charge in [-0.05, 0) is 50.7 Å². The average Bonchev–Trinajstić information content (AvgIpc) is 2.51. The van der Waals surface area contributed by atoms with Crippen molar-refractivity contribution >= 4 is 17.5 Å². The van der Waals surface area contributed by atoms with Crippen molar-refractivity contribution < 1.29 is 9.53 Å². The van der Waals surface area contributed by atoms with Crippen molar-refractivity contribution in [2.75, 3.05) is 33.3 Å². The lowest BCUT2D eigenvalue weighted by Gasteiger charge is -2.36. The second-order valence-electron chi connectivity index (χ2n) is 6.30. The van der Waals surface area contributed by atoms with E-state index >= 15 is 0 Å². The van der Waals surface area contributed by atoms with Crippen LogP contribution in [0.25, 0.3) is 0 Å². The third-order valence-corrected chi connectivity index (χ3v) is 4.60. The number of carbonyl (C=O) groups is 1. The fraction of sp³-hybridized carbons (Fsp3) is 0.588. The van der Waals surface area contributed by atoms with Crippen molar-refractivity contribution in [2.24, 2.45) is 5.41 Å². The Morgan fingerprint density at radius 1 is 1.32 bits per heavy atom. The third kappa shape index (κ3) is 4.97. The number of piperidine rings is 1. The van der Waals surface area contributed by atoms with E-state index in [4.69, 9.17) is 16.3 Å². The summed E-state index contributed by atoms with van der Waals surface area (Å²) >= 11 is 5.83. The molecule has 1 aliphatic heterocycles. The maximum atomic E-state index is 12.3. The van der Waals surface area contributed by atoms with Crippen LogP contribution in [0.1, 0.15) is 25.3 Å². The van der Waals surface area contributed by atoms with Gasteiger partial charge in [-0.25, -0.2) is 0 Å². The average molecular weight is 325 g/mol. The molecule has 0 bridgehead atoms. The van der Waals surface area contributed by atoms with Gasteiger partial charge in [0.1, 0.15) is 0 Å². The van der Waals surface area contributed by atoms with Gasteiger partial charge in [-0.3, -0.25) is 4.79 Å². The predicted octanol–water partition coefficient (Wildman–Crippen LogP) is 2.70. The van der Waals surface area contributed by atoms with E-state index in [1.165, 1.54) is 0 Å². The molecule has 0 spiro atoms. The van der Waals surface area contributed by atoms with Crippen LogP contribution >= 0.6 is 11.6 Å². The van der Waals surface area contributed by atoms with E-state index in [0.29, 0.717) is 19.8 Å². The molecule has 22 heavy (non-hydrogen) atoms. The molecule has 0 unspecified atom stereocenters. The number of nitrogens with zero attached hydrogens (tertiary/aromatic N) is 1. The number of rotatable bonds is 6. The monoisotopic (exact) mass is 324 g/mol. The van der Waals surface area contributed by atoms with Gasteiger partial charge >= 0.3 is 0 Å². The molecule has 1 fully saturated rings. The quantitative estimate of drug-likeness (QED) is 0.818. The van der Waals surface area contributed by atoms with Crippen molar-refractivity contribution in [3.63, 3.8) is 0 Å². The molecule has 1 saturated heterocycles. The summed E-state index contributed by atoms with van der Waals surface area (Å²) in [6.45, 7) is 5.63. The van der Waals surface area contributed by atoms with Crippen molar-refractivity contribution in [1.29, 1.82) is 0 Å². The third-order valence-electron chi connectivity index (χ3n) is 4.35. The minimum Gasteiger partial charge on any atom is -0.375 e. The maximum Gasteiger partial charge on any atom is 0.226 e. The normalized spacial score (nSPS) is 18.1. The zero-order valence-electron chi connectivity index (χ0n) is 13.4. The van der Waals surface area contributed by atoms with Crippen LogP contribution in [0, 0.1) is 5.41 Å². The maximum absolute atomic E-state index is 12.3. The van der Waals surface area contributed by atoms with E-state index in [9.17, 15) is 4.79 Å². The van der Waals surface area contributed by atoms with Crippen LogP contribution in [-0.2, 0) is 16.1 Å². The first-order valence-electron chi connectivity index (χ1n) is 7.79. The molecule has 0 radical (unpaired) electrons. The molecule has 1 N–H and O–H groups in total. The summed E-state index contributed by atoms with van der Waals surface area (Å²) in [5, 5.41) is 3.72. The summed E-state index contributed by atoms with van der Waals surface area (Å²) in [5.41, 5.74) is 0.848. The summed E-state index contributed by atoms with van der Waals surface area (Å²) in [6, 6.07) is 7.59. The number of ether oxygens (including phenoxy) is 1. The number of hydrogen-bond donors (Lipinski definition) is 1. The molecule has 4 nitrogen and oxygen atoms in total. The van der Waals surface area contributed by atoms with Gasteiger partial charge in [0.15, 0.2) is 0 Å². The Balaban J connectivity index is 1.64. The Morgan fingerprint density at radius 3 is 2.59 bits per heavy atom. The largest absolute Gasteiger partial charge is 0.375 e. The highest BCUT2D eigenvalue weighted by Gasteiger charge is 2.35. The Hall–Kier alpha value is -1.10. The van der Waals surface area contributed by atoms with E-state index in [-0.39, 0.29) is 11.3 Å². The van der Waals surface area contributed by atoms with Crippen LogP contribution in [-0.4, -0.2) is 44.1 Å². The lowest BCUT2D eigenvalue weighted by Crippen LogP contribution is -2.46. The standard InChI is InChI=1S/C17H25ClN2O2/c1-17(7-10-20(2)11-8-17)16(21)19-9-12-22-13-14-3-5-15(18)6-4-14/h3-6H,7-13H2,1-2H3,(H,19,21). The number of halogens is 1. The zero-order chi connectivity index (χ0) is 16.0. The van der Waals surface area contributed by atoms with Gasteiger partial charge in [0.25, 0.3) is 0 Å². The fourth-order valence-electron chi connectivity index (χ4n) is 2.56. The lowest BCUT2D eigenvalue weighted by atomic mass is 9.79. The zero-order valence-corrected chi connectivity index (χ0v) is 14.2. The van der Waals surface area contributed by atoms with E-state index in [1.54, 1.807) is 0 Å². The molecular formula is C17H25ClN2O2. The van der Waals surface area contributed by atoms with Gasteiger partial charge in [0.2, 0.25) is 5.91 Å². The molecule has 1 aromatic rings. The van der Waals surface area contributed by atoms with Crippen molar-refractivity contribution in [1.82, 2.24) is 10.2 Å². The minimum absolute atomic E-state index is 0.149. The molecular weight excluding hydrogens is 300 g/mol. The molecule has 0 atom stereocenters. The minimum atomic E-state index is -0.233.